The molecule has 1 aliphatic rings. The summed E-state index contributed by atoms with van der Waals surface area (Å²) in [5, 5.41) is 3.33. The van der Waals surface area contributed by atoms with E-state index in [9.17, 15) is 0 Å². The Balaban J connectivity index is 1.71. The summed E-state index contributed by atoms with van der Waals surface area (Å²) in [6, 6.07) is 2.45. The van der Waals surface area contributed by atoms with E-state index in [0.717, 1.165) is 13.0 Å². The van der Waals surface area contributed by atoms with E-state index < -0.39 is 0 Å². The largest absolute Gasteiger partial charge is 0.472 e. The number of ether oxygens (including phenoxy) is 1. The summed E-state index contributed by atoms with van der Waals surface area (Å²) in [6.45, 7) is 0.960. The molecular formula is C13H21NO2. The monoisotopic (exact) mass is 223 g/mol. The van der Waals surface area contributed by atoms with Crippen LogP contribution < -0.4 is 5.32 Å². The highest BCUT2D eigenvalue weighted by atomic mass is 16.5. The summed E-state index contributed by atoms with van der Waals surface area (Å²) < 4.78 is 10.7. The second kappa shape index (κ2) is 6.06. The number of furan rings is 1. The van der Waals surface area contributed by atoms with Gasteiger partial charge in [-0.3, -0.25) is 0 Å². The molecule has 3 heteroatoms. The molecule has 0 bridgehead atoms. The first-order valence-electron chi connectivity index (χ1n) is 6.21. The fraction of sp³-hybridized carbons (Fsp3) is 0.692. The predicted molar refractivity (Wildman–Crippen MR) is 63.3 cm³/mol. The van der Waals surface area contributed by atoms with Crippen molar-refractivity contribution in [2.75, 3.05) is 13.7 Å². The molecule has 0 aliphatic carbocycles. The van der Waals surface area contributed by atoms with Crippen LogP contribution in [-0.4, -0.2) is 19.8 Å². The Morgan fingerprint density at radius 3 is 3.12 bits per heavy atom. The van der Waals surface area contributed by atoms with Gasteiger partial charge in [0.25, 0.3) is 0 Å². The van der Waals surface area contributed by atoms with Gasteiger partial charge in [-0.15, -0.1) is 0 Å². The molecule has 1 aliphatic heterocycles. The van der Waals surface area contributed by atoms with E-state index in [4.69, 9.17) is 9.15 Å². The van der Waals surface area contributed by atoms with Crippen molar-refractivity contribution in [3.63, 3.8) is 0 Å². The van der Waals surface area contributed by atoms with Crippen molar-refractivity contribution in [3.8, 4) is 0 Å². The van der Waals surface area contributed by atoms with Crippen LogP contribution in [0.15, 0.2) is 23.0 Å². The molecule has 3 nitrogen and oxygen atoms in total. The Kier molecular flexibility index (Phi) is 4.43. The molecule has 2 heterocycles. The number of hydrogen-bond donors (Lipinski definition) is 1. The van der Waals surface area contributed by atoms with Gasteiger partial charge in [0.05, 0.1) is 18.6 Å². The highest BCUT2D eigenvalue weighted by molar-refractivity contribution is 5.11. The van der Waals surface area contributed by atoms with E-state index in [1.807, 2.05) is 19.4 Å². The normalized spacial score (nSPS) is 22.4. The fourth-order valence-corrected chi connectivity index (χ4v) is 2.37. The lowest BCUT2D eigenvalue weighted by Crippen LogP contribution is -2.16. The van der Waals surface area contributed by atoms with Crippen LogP contribution in [0.25, 0.3) is 0 Å². The molecule has 0 aromatic carbocycles. The molecule has 0 spiro atoms. The predicted octanol–water partition coefficient (Wildman–Crippen LogP) is 2.89. The zero-order valence-electron chi connectivity index (χ0n) is 9.95. The van der Waals surface area contributed by atoms with Gasteiger partial charge in [-0.1, -0.05) is 0 Å². The van der Waals surface area contributed by atoms with Crippen LogP contribution in [0.4, 0.5) is 0 Å². The average Bonchev–Trinajstić information content (AvgIpc) is 2.96. The molecule has 0 radical (unpaired) electrons. The van der Waals surface area contributed by atoms with Crippen LogP contribution in [0.1, 0.15) is 43.7 Å². The van der Waals surface area contributed by atoms with Gasteiger partial charge in [0.15, 0.2) is 0 Å². The van der Waals surface area contributed by atoms with Crippen LogP contribution in [-0.2, 0) is 4.74 Å². The smallest absolute Gasteiger partial charge is 0.0950 e. The number of nitrogens with one attached hydrogen (secondary N) is 1. The Morgan fingerprint density at radius 2 is 2.50 bits per heavy atom. The lowest BCUT2D eigenvalue weighted by Gasteiger charge is -2.15. The van der Waals surface area contributed by atoms with E-state index in [2.05, 4.69) is 5.32 Å². The number of hydrogen-bond acceptors (Lipinski definition) is 3. The van der Waals surface area contributed by atoms with E-state index >= 15 is 0 Å². The maximum atomic E-state index is 5.62. The Bertz CT molecular complexity index is 278. The highest BCUT2D eigenvalue weighted by Gasteiger charge is 2.16. The van der Waals surface area contributed by atoms with Gasteiger partial charge >= 0.3 is 0 Å². The van der Waals surface area contributed by atoms with Gasteiger partial charge in [0, 0.05) is 18.2 Å². The molecule has 90 valence electrons. The van der Waals surface area contributed by atoms with Crippen molar-refractivity contribution in [1.82, 2.24) is 5.32 Å². The first-order chi connectivity index (χ1) is 7.90. The van der Waals surface area contributed by atoms with E-state index in [1.165, 1.54) is 31.2 Å². The Labute approximate surface area is 97.2 Å². The van der Waals surface area contributed by atoms with Gasteiger partial charge in [-0.05, 0) is 45.2 Å². The molecule has 2 atom stereocenters. The Morgan fingerprint density at radius 1 is 1.56 bits per heavy atom. The van der Waals surface area contributed by atoms with Crippen molar-refractivity contribution in [2.45, 2.75) is 44.2 Å². The molecule has 1 saturated heterocycles. The molecule has 1 fully saturated rings. The quantitative estimate of drug-likeness (QED) is 0.805. The summed E-state index contributed by atoms with van der Waals surface area (Å²) in [7, 11) is 2.00. The topological polar surface area (TPSA) is 34.4 Å². The van der Waals surface area contributed by atoms with Crippen LogP contribution in [0.2, 0.25) is 0 Å². The first-order valence-corrected chi connectivity index (χ1v) is 6.21. The maximum absolute atomic E-state index is 5.62. The third kappa shape index (κ3) is 3.09. The second-order valence-corrected chi connectivity index (χ2v) is 4.46. The molecule has 1 N–H and O–H groups in total. The van der Waals surface area contributed by atoms with E-state index in [0.29, 0.717) is 12.1 Å². The van der Waals surface area contributed by atoms with Gasteiger partial charge in [0.2, 0.25) is 0 Å². The van der Waals surface area contributed by atoms with Crippen molar-refractivity contribution in [2.24, 2.45) is 0 Å². The lowest BCUT2D eigenvalue weighted by molar-refractivity contribution is 0.101. The van der Waals surface area contributed by atoms with Crippen molar-refractivity contribution in [1.29, 1.82) is 0 Å². The zero-order valence-corrected chi connectivity index (χ0v) is 9.95. The summed E-state index contributed by atoms with van der Waals surface area (Å²) in [4.78, 5) is 0. The molecule has 0 saturated carbocycles. The average molecular weight is 223 g/mol. The van der Waals surface area contributed by atoms with Gasteiger partial charge < -0.3 is 14.5 Å². The Hall–Kier alpha value is -0.800. The fourth-order valence-electron chi connectivity index (χ4n) is 2.37. The molecule has 0 amide bonds. The summed E-state index contributed by atoms with van der Waals surface area (Å²) in [6.07, 6.45) is 10.1. The van der Waals surface area contributed by atoms with Crippen LogP contribution in [0.3, 0.4) is 0 Å². The third-order valence-electron chi connectivity index (χ3n) is 3.34. The summed E-state index contributed by atoms with van der Waals surface area (Å²) >= 11 is 0. The zero-order chi connectivity index (χ0) is 11.2. The summed E-state index contributed by atoms with van der Waals surface area (Å²) in [5.74, 6) is 0. The maximum Gasteiger partial charge on any atom is 0.0950 e. The number of rotatable bonds is 6. The lowest BCUT2D eigenvalue weighted by atomic mass is 10.0. The van der Waals surface area contributed by atoms with Crippen molar-refractivity contribution >= 4 is 0 Å². The molecule has 2 unspecified atom stereocenters. The van der Waals surface area contributed by atoms with Crippen molar-refractivity contribution < 1.29 is 9.15 Å². The second-order valence-electron chi connectivity index (χ2n) is 4.46. The minimum Gasteiger partial charge on any atom is -0.472 e. The molecule has 1 aromatic rings. The summed E-state index contributed by atoms with van der Waals surface area (Å²) in [5.41, 5.74) is 1.25. The minimum atomic E-state index is 0.417. The van der Waals surface area contributed by atoms with E-state index in [1.54, 1.807) is 6.26 Å². The van der Waals surface area contributed by atoms with Crippen LogP contribution >= 0.6 is 0 Å². The van der Waals surface area contributed by atoms with Crippen LogP contribution in [0, 0.1) is 0 Å². The highest BCUT2D eigenvalue weighted by Crippen LogP contribution is 2.23. The van der Waals surface area contributed by atoms with Gasteiger partial charge in [0.1, 0.15) is 0 Å². The minimum absolute atomic E-state index is 0.417. The van der Waals surface area contributed by atoms with E-state index in [-0.39, 0.29) is 0 Å². The third-order valence-corrected chi connectivity index (χ3v) is 3.34. The van der Waals surface area contributed by atoms with Gasteiger partial charge in [-0.25, -0.2) is 0 Å². The molecular weight excluding hydrogens is 202 g/mol. The SMILES string of the molecule is CNC(CCCC1CCCO1)c1ccoc1. The van der Waals surface area contributed by atoms with Gasteiger partial charge in [-0.2, -0.15) is 0 Å². The van der Waals surface area contributed by atoms with Crippen LogP contribution in [0.5, 0.6) is 0 Å². The molecule has 16 heavy (non-hydrogen) atoms. The van der Waals surface area contributed by atoms with Crippen molar-refractivity contribution in [3.05, 3.63) is 24.2 Å². The standard InChI is InChI=1S/C13H21NO2/c1-14-13(11-7-9-15-10-11)6-2-4-12-5-3-8-16-12/h7,9-10,12-14H,2-6,8H2,1H3. The molecule has 2 rings (SSSR count). The first kappa shape index (κ1) is 11.7. The molecule has 1 aromatic heterocycles.